The molecule has 4 heteroatoms. The summed E-state index contributed by atoms with van der Waals surface area (Å²) in [6, 6.07) is 0. The molecular weight excluding hydrogens is 234 g/mol. The second-order valence-electron chi connectivity index (χ2n) is 5.57. The third kappa shape index (κ3) is 2.50. The Morgan fingerprint density at radius 3 is 2.76 bits per heavy atom. The fourth-order valence-electron chi connectivity index (χ4n) is 2.94. The standard InChI is InChI=1S/C13H22ClN3/c1-4-10-12(14)11(17(3)16-10)8-13(15)6-5-9(2)7-13/h9H,4-8,15H2,1-3H3. The van der Waals surface area contributed by atoms with E-state index in [1.165, 1.54) is 6.42 Å². The van der Waals surface area contributed by atoms with Gasteiger partial charge in [-0.3, -0.25) is 4.68 Å². The first kappa shape index (κ1) is 12.9. The highest BCUT2D eigenvalue weighted by Gasteiger charge is 2.35. The zero-order chi connectivity index (χ0) is 12.6. The zero-order valence-electron chi connectivity index (χ0n) is 11.0. The molecule has 0 aliphatic heterocycles. The molecule has 0 amide bonds. The van der Waals surface area contributed by atoms with Crippen LogP contribution in [-0.2, 0) is 19.9 Å². The molecule has 1 aromatic rings. The van der Waals surface area contributed by atoms with E-state index >= 15 is 0 Å². The Bertz CT molecular complexity index is 413. The van der Waals surface area contributed by atoms with Gasteiger partial charge in [0.15, 0.2) is 0 Å². The molecule has 0 spiro atoms. The highest BCUT2D eigenvalue weighted by atomic mass is 35.5. The van der Waals surface area contributed by atoms with E-state index in [0.717, 1.165) is 48.0 Å². The van der Waals surface area contributed by atoms with Crippen molar-refractivity contribution in [2.75, 3.05) is 0 Å². The third-order valence-corrected chi connectivity index (χ3v) is 4.35. The maximum absolute atomic E-state index is 6.47. The van der Waals surface area contributed by atoms with Crippen LogP contribution in [0.3, 0.4) is 0 Å². The summed E-state index contributed by atoms with van der Waals surface area (Å²) in [7, 11) is 1.96. The van der Waals surface area contributed by atoms with Crippen LogP contribution in [-0.4, -0.2) is 15.3 Å². The van der Waals surface area contributed by atoms with E-state index in [9.17, 15) is 0 Å². The molecule has 1 aromatic heterocycles. The van der Waals surface area contributed by atoms with E-state index in [0.29, 0.717) is 0 Å². The lowest BCUT2D eigenvalue weighted by Gasteiger charge is -2.24. The van der Waals surface area contributed by atoms with Crippen molar-refractivity contribution in [3.8, 4) is 0 Å². The minimum atomic E-state index is -0.0815. The number of rotatable bonds is 3. The van der Waals surface area contributed by atoms with Crippen molar-refractivity contribution in [1.29, 1.82) is 0 Å². The minimum Gasteiger partial charge on any atom is -0.325 e. The van der Waals surface area contributed by atoms with Gasteiger partial charge in [0.25, 0.3) is 0 Å². The lowest BCUT2D eigenvalue weighted by atomic mass is 9.91. The zero-order valence-corrected chi connectivity index (χ0v) is 11.7. The van der Waals surface area contributed by atoms with Gasteiger partial charge in [-0.1, -0.05) is 25.4 Å². The van der Waals surface area contributed by atoms with Crippen molar-refractivity contribution in [3.05, 3.63) is 16.4 Å². The fraction of sp³-hybridized carbons (Fsp3) is 0.769. The molecule has 0 bridgehead atoms. The number of hydrogen-bond acceptors (Lipinski definition) is 2. The van der Waals surface area contributed by atoms with Crippen molar-refractivity contribution in [2.45, 2.75) is 51.5 Å². The van der Waals surface area contributed by atoms with Crippen LogP contribution in [0.1, 0.15) is 44.5 Å². The van der Waals surface area contributed by atoms with E-state index in [4.69, 9.17) is 17.3 Å². The predicted octanol–water partition coefficient (Wildman–Crippen LogP) is 2.70. The Hall–Kier alpha value is -0.540. The summed E-state index contributed by atoms with van der Waals surface area (Å²) >= 11 is 6.37. The minimum absolute atomic E-state index is 0.0815. The summed E-state index contributed by atoms with van der Waals surface area (Å²) in [5, 5.41) is 5.27. The molecule has 1 fully saturated rings. The molecule has 0 aromatic carbocycles. The summed E-state index contributed by atoms with van der Waals surface area (Å²) in [6.07, 6.45) is 5.14. The molecule has 0 saturated heterocycles. The van der Waals surface area contributed by atoms with Gasteiger partial charge in [-0.15, -0.1) is 0 Å². The van der Waals surface area contributed by atoms with E-state index < -0.39 is 0 Å². The largest absolute Gasteiger partial charge is 0.325 e. The molecule has 0 radical (unpaired) electrons. The van der Waals surface area contributed by atoms with E-state index in [1.807, 2.05) is 11.7 Å². The molecule has 1 saturated carbocycles. The highest BCUT2D eigenvalue weighted by Crippen LogP contribution is 2.36. The first-order valence-corrected chi connectivity index (χ1v) is 6.82. The first-order chi connectivity index (χ1) is 7.95. The molecule has 17 heavy (non-hydrogen) atoms. The normalized spacial score (nSPS) is 28.9. The third-order valence-electron chi connectivity index (χ3n) is 3.91. The van der Waals surface area contributed by atoms with E-state index in [2.05, 4.69) is 18.9 Å². The maximum atomic E-state index is 6.47. The Kier molecular flexibility index (Phi) is 3.50. The predicted molar refractivity (Wildman–Crippen MR) is 71.2 cm³/mol. The topological polar surface area (TPSA) is 43.8 Å². The summed E-state index contributed by atoms with van der Waals surface area (Å²) < 4.78 is 1.90. The monoisotopic (exact) mass is 255 g/mol. The van der Waals surface area contributed by atoms with Crippen LogP contribution in [0.25, 0.3) is 0 Å². The van der Waals surface area contributed by atoms with Gasteiger partial charge in [0.2, 0.25) is 0 Å². The average molecular weight is 256 g/mol. The quantitative estimate of drug-likeness (QED) is 0.903. The summed E-state index contributed by atoms with van der Waals surface area (Å²) in [6.45, 7) is 4.35. The van der Waals surface area contributed by atoms with Crippen LogP contribution in [0.5, 0.6) is 0 Å². The van der Waals surface area contributed by atoms with Gasteiger partial charge in [-0.25, -0.2) is 0 Å². The number of nitrogens with two attached hydrogens (primary N) is 1. The summed E-state index contributed by atoms with van der Waals surface area (Å²) in [4.78, 5) is 0. The van der Waals surface area contributed by atoms with Crippen molar-refractivity contribution >= 4 is 11.6 Å². The SMILES string of the molecule is CCc1nn(C)c(CC2(N)CCC(C)C2)c1Cl. The number of hydrogen-bond donors (Lipinski definition) is 1. The molecule has 1 aliphatic rings. The number of nitrogens with zero attached hydrogens (tertiary/aromatic N) is 2. The van der Waals surface area contributed by atoms with Crippen LogP contribution >= 0.6 is 11.6 Å². The molecule has 2 N–H and O–H groups in total. The van der Waals surface area contributed by atoms with Crippen LogP contribution in [0.4, 0.5) is 0 Å². The molecule has 3 nitrogen and oxygen atoms in total. The second kappa shape index (κ2) is 4.62. The maximum Gasteiger partial charge on any atom is 0.0850 e. The van der Waals surface area contributed by atoms with Crippen LogP contribution in [0, 0.1) is 5.92 Å². The van der Waals surface area contributed by atoms with Crippen LogP contribution < -0.4 is 5.73 Å². The Balaban J connectivity index is 2.21. The van der Waals surface area contributed by atoms with Gasteiger partial charge in [0.05, 0.1) is 16.4 Å². The van der Waals surface area contributed by atoms with Crippen LogP contribution in [0.2, 0.25) is 5.02 Å². The Morgan fingerprint density at radius 2 is 2.29 bits per heavy atom. The molecule has 2 rings (SSSR count). The van der Waals surface area contributed by atoms with E-state index in [-0.39, 0.29) is 5.54 Å². The molecule has 96 valence electrons. The smallest absolute Gasteiger partial charge is 0.0850 e. The second-order valence-corrected chi connectivity index (χ2v) is 5.95. The fourth-order valence-corrected chi connectivity index (χ4v) is 3.30. The number of halogens is 1. The summed E-state index contributed by atoms with van der Waals surface area (Å²) in [5.41, 5.74) is 8.47. The van der Waals surface area contributed by atoms with Crippen molar-refractivity contribution in [1.82, 2.24) is 9.78 Å². The van der Waals surface area contributed by atoms with Gasteiger partial charge >= 0.3 is 0 Å². The molecule has 1 heterocycles. The highest BCUT2D eigenvalue weighted by molar-refractivity contribution is 6.31. The van der Waals surface area contributed by atoms with Gasteiger partial charge < -0.3 is 5.73 Å². The van der Waals surface area contributed by atoms with Gasteiger partial charge in [0.1, 0.15) is 0 Å². The molecule has 1 aliphatic carbocycles. The van der Waals surface area contributed by atoms with Crippen molar-refractivity contribution in [3.63, 3.8) is 0 Å². The lowest BCUT2D eigenvalue weighted by Crippen LogP contribution is -2.39. The number of aromatic nitrogens is 2. The number of aryl methyl sites for hydroxylation is 2. The Morgan fingerprint density at radius 1 is 1.59 bits per heavy atom. The van der Waals surface area contributed by atoms with Crippen LogP contribution in [0.15, 0.2) is 0 Å². The molecule has 2 atom stereocenters. The van der Waals surface area contributed by atoms with Gasteiger partial charge in [-0.05, 0) is 31.6 Å². The molecule has 2 unspecified atom stereocenters. The van der Waals surface area contributed by atoms with Gasteiger partial charge in [-0.2, -0.15) is 5.10 Å². The average Bonchev–Trinajstić information content (AvgIpc) is 2.73. The van der Waals surface area contributed by atoms with Crippen molar-refractivity contribution < 1.29 is 0 Å². The molecular formula is C13H22ClN3. The lowest BCUT2D eigenvalue weighted by molar-refractivity contribution is 0.408. The first-order valence-electron chi connectivity index (χ1n) is 6.44. The van der Waals surface area contributed by atoms with Crippen molar-refractivity contribution in [2.24, 2.45) is 18.7 Å². The summed E-state index contributed by atoms with van der Waals surface area (Å²) in [5.74, 6) is 0.734. The van der Waals surface area contributed by atoms with E-state index in [1.54, 1.807) is 0 Å². The Labute approximate surface area is 108 Å². The van der Waals surface area contributed by atoms with Gasteiger partial charge in [0, 0.05) is 19.0 Å².